The molecular formula is C13H26N2O3. The van der Waals surface area contributed by atoms with Crippen LogP contribution in [0.15, 0.2) is 0 Å². The Morgan fingerprint density at radius 3 is 2.78 bits per heavy atom. The standard InChI is InChI=1S/C13H26N2O3/c1-13(2,3)18-12(16)15-11(8-14)7-10-5-4-6-17-9-10/h10-11H,4-9,14H2,1-3H3,(H,15,16). The average molecular weight is 258 g/mol. The second-order valence-corrected chi connectivity index (χ2v) is 5.90. The van der Waals surface area contributed by atoms with Crippen LogP contribution in [-0.4, -0.2) is 37.5 Å². The molecule has 0 aliphatic carbocycles. The molecule has 0 aromatic carbocycles. The molecule has 1 rings (SSSR count). The first-order chi connectivity index (χ1) is 8.40. The summed E-state index contributed by atoms with van der Waals surface area (Å²) in [7, 11) is 0. The lowest BCUT2D eigenvalue weighted by molar-refractivity contribution is 0.0393. The molecule has 5 heteroatoms. The SMILES string of the molecule is CC(C)(C)OC(=O)NC(CN)CC1CCCOC1. The Hall–Kier alpha value is -0.810. The molecule has 0 saturated carbocycles. The lowest BCUT2D eigenvalue weighted by Crippen LogP contribution is -2.44. The van der Waals surface area contributed by atoms with E-state index in [-0.39, 0.29) is 6.04 Å². The van der Waals surface area contributed by atoms with Crippen molar-refractivity contribution in [3.05, 3.63) is 0 Å². The Balaban J connectivity index is 2.34. The van der Waals surface area contributed by atoms with Crippen molar-refractivity contribution in [3.63, 3.8) is 0 Å². The fraction of sp³-hybridized carbons (Fsp3) is 0.923. The molecule has 1 amide bonds. The third-order valence-corrected chi connectivity index (χ3v) is 2.88. The van der Waals surface area contributed by atoms with E-state index in [1.165, 1.54) is 0 Å². The van der Waals surface area contributed by atoms with Crippen molar-refractivity contribution in [3.8, 4) is 0 Å². The molecule has 1 aliphatic rings. The molecule has 2 unspecified atom stereocenters. The number of carbonyl (C=O) groups excluding carboxylic acids is 1. The number of nitrogens with two attached hydrogens (primary N) is 1. The van der Waals surface area contributed by atoms with Crippen molar-refractivity contribution in [2.45, 2.75) is 51.7 Å². The van der Waals surface area contributed by atoms with Gasteiger partial charge in [-0.25, -0.2) is 4.79 Å². The number of alkyl carbamates (subject to hydrolysis) is 1. The van der Waals surface area contributed by atoms with Gasteiger partial charge in [0.2, 0.25) is 0 Å². The highest BCUT2D eigenvalue weighted by atomic mass is 16.6. The number of rotatable bonds is 4. The molecule has 0 spiro atoms. The molecule has 106 valence electrons. The van der Waals surface area contributed by atoms with Crippen molar-refractivity contribution >= 4 is 6.09 Å². The van der Waals surface area contributed by atoms with E-state index in [9.17, 15) is 4.79 Å². The van der Waals surface area contributed by atoms with Crippen LogP contribution in [0.5, 0.6) is 0 Å². The highest BCUT2D eigenvalue weighted by Gasteiger charge is 2.22. The monoisotopic (exact) mass is 258 g/mol. The van der Waals surface area contributed by atoms with E-state index in [0.717, 1.165) is 32.5 Å². The largest absolute Gasteiger partial charge is 0.444 e. The number of hydrogen-bond acceptors (Lipinski definition) is 4. The molecule has 1 aliphatic heterocycles. The first kappa shape index (κ1) is 15.2. The maximum Gasteiger partial charge on any atom is 0.407 e. The van der Waals surface area contributed by atoms with Gasteiger partial charge in [-0.1, -0.05) is 0 Å². The molecule has 2 atom stereocenters. The first-order valence-electron chi connectivity index (χ1n) is 6.68. The van der Waals surface area contributed by atoms with Gasteiger partial charge in [0.15, 0.2) is 0 Å². The zero-order valence-corrected chi connectivity index (χ0v) is 11.7. The van der Waals surface area contributed by atoms with E-state index >= 15 is 0 Å². The van der Waals surface area contributed by atoms with Gasteiger partial charge in [0.1, 0.15) is 5.60 Å². The van der Waals surface area contributed by atoms with Gasteiger partial charge in [-0.3, -0.25) is 0 Å². The van der Waals surface area contributed by atoms with Gasteiger partial charge in [0.05, 0.1) is 0 Å². The maximum absolute atomic E-state index is 11.6. The summed E-state index contributed by atoms with van der Waals surface area (Å²) >= 11 is 0. The minimum absolute atomic E-state index is 0.0356. The summed E-state index contributed by atoms with van der Waals surface area (Å²) in [6.45, 7) is 7.59. The normalized spacial score (nSPS) is 22.3. The number of hydrogen-bond donors (Lipinski definition) is 2. The van der Waals surface area contributed by atoms with Gasteiger partial charge < -0.3 is 20.5 Å². The molecule has 1 fully saturated rings. The molecule has 0 bridgehead atoms. The van der Waals surface area contributed by atoms with Crippen LogP contribution in [0.3, 0.4) is 0 Å². The van der Waals surface area contributed by atoms with Gasteiger partial charge in [-0.2, -0.15) is 0 Å². The summed E-state index contributed by atoms with van der Waals surface area (Å²) in [6, 6.07) is -0.0356. The summed E-state index contributed by atoms with van der Waals surface area (Å²) < 4.78 is 10.7. The number of carbonyl (C=O) groups is 1. The quantitative estimate of drug-likeness (QED) is 0.804. The minimum Gasteiger partial charge on any atom is -0.444 e. The van der Waals surface area contributed by atoms with E-state index in [0.29, 0.717) is 12.5 Å². The molecule has 1 heterocycles. The Labute approximate surface area is 109 Å². The summed E-state index contributed by atoms with van der Waals surface area (Å²) in [5, 5.41) is 2.83. The minimum atomic E-state index is -0.475. The Bertz CT molecular complexity index is 257. The van der Waals surface area contributed by atoms with Crippen LogP contribution in [0.2, 0.25) is 0 Å². The first-order valence-corrected chi connectivity index (χ1v) is 6.68. The van der Waals surface area contributed by atoms with Crippen LogP contribution < -0.4 is 11.1 Å². The fourth-order valence-corrected chi connectivity index (χ4v) is 2.08. The third kappa shape index (κ3) is 6.21. The Kier molecular flexibility index (Phi) is 5.88. The van der Waals surface area contributed by atoms with Crippen LogP contribution in [0.1, 0.15) is 40.0 Å². The molecule has 0 radical (unpaired) electrons. The molecular weight excluding hydrogens is 232 g/mol. The average Bonchev–Trinajstić information content (AvgIpc) is 2.27. The van der Waals surface area contributed by atoms with Gasteiger partial charge in [-0.15, -0.1) is 0 Å². The Morgan fingerprint density at radius 2 is 2.28 bits per heavy atom. The Morgan fingerprint density at radius 1 is 1.56 bits per heavy atom. The molecule has 0 aromatic rings. The number of ether oxygens (including phenoxy) is 2. The maximum atomic E-state index is 11.6. The van der Waals surface area contributed by atoms with Crippen LogP contribution in [-0.2, 0) is 9.47 Å². The summed E-state index contributed by atoms with van der Waals surface area (Å²) in [5.41, 5.74) is 5.22. The molecule has 3 N–H and O–H groups in total. The van der Waals surface area contributed by atoms with E-state index in [2.05, 4.69) is 5.32 Å². The lowest BCUT2D eigenvalue weighted by atomic mass is 9.94. The van der Waals surface area contributed by atoms with E-state index in [1.807, 2.05) is 20.8 Å². The predicted molar refractivity (Wildman–Crippen MR) is 70.4 cm³/mol. The van der Waals surface area contributed by atoms with E-state index in [1.54, 1.807) is 0 Å². The van der Waals surface area contributed by atoms with Crippen LogP contribution in [0.4, 0.5) is 4.79 Å². The van der Waals surface area contributed by atoms with Crippen molar-refractivity contribution < 1.29 is 14.3 Å². The van der Waals surface area contributed by atoms with Crippen molar-refractivity contribution in [1.29, 1.82) is 0 Å². The fourth-order valence-electron chi connectivity index (χ4n) is 2.08. The van der Waals surface area contributed by atoms with Gasteiger partial charge in [-0.05, 0) is 46.0 Å². The van der Waals surface area contributed by atoms with Crippen LogP contribution >= 0.6 is 0 Å². The summed E-state index contributed by atoms with van der Waals surface area (Å²) in [5.74, 6) is 0.488. The molecule has 1 saturated heterocycles. The highest BCUT2D eigenvalue weighted by molar-refractivity contribution is 5.68. The molecule has 0 aromatic heterocycles. The zero-order chi connectivity index (χ0) is 13.6. The van der Waals surface area contributed by atoms with Gasteiger partial charge >= 0.3 is 6.09 Å². The van der Waals surface area contributed by atoms with Crippen molar-refractivity contribution in [1.82, 2.24) is 5.32 Å². The van der Waals surface area contributed by atoms with E-state index in [4.69, 9.17) is 15.2 Å². The van der Waals surface area contributed by atoms with Gasteiger partial charge in [0.25, 0.3) is 0 Å². The van der Waals surface area contributed by atoms with Crippen molar-refractivity contribution in [2.75, 3.05) is 19.8 Å². The van der Waals surface area contributed by atoms with E-state index < -0.39 is 11.7 Å². The number of nitrogens with one attached hydrogen (secondary N) is 1. The highest BCUT2D eigenvalue weighted by Crippen LogP contribution is 2.18. The smallest absolute Gasteiger partial charge is 0.407 e. The lowest BCUT2D eigenvalue weighted by Gasteiger charge is -2.27. The van der Waals surface area contributed by atoms with Crippen LogP contribution in [0, 0.1) is 5.92 Å². The topological polar surface area (TPSA) is 73.6 Å². The molecule has 18 heavy (non-hydrogen) atoms. The predicted octanol–water partition coefficient (Wildman–Crippen LogP) is 1.66. The van der Waals surface area contributed by atoms with Gasteiger partial charge in [0, 0.05) is 25.8 Å². The third-order valence-electron chi connectivity index (χ3n) is 2.88. The second kappa shape index (κ2) is 6.95. The number of amides is 1. The second-order valence-electron chi connectivity index (χ2n) is 5.90. The summed E-state index contributed by atoms with van der Waals surface area (Å²) in [6.07, 6.45) is 2.70. The summed E-state index contributed by atoms with van der Waals surface area (Å²) in [4.78, 5) is 11.6. The van der Waals surface area contributed by atoms with Crippen LogP contribution in [0.25, 0.3) is 0 Å². The molecule has 5 nitrogen and oxygen atoms in total. The van der Waals surface area contributed by atoms with Crippen molar-refractivity contribution in [2.24, 2.45) is 11.7 Å². The zero-order valence-electron chi connectivity index (χ0n) is 11.7.